The molecule has 31 heavy (non-hydrogen) atoms. The van der Waals surface area contributed by atoms with Gasteiger partial charge < -0.3 is 14.5 Å². The van der Waals surface area contributed by atoms with Gasteiger partial charge in [-0.25, -0.2) is 9.67 Å². The Labute approximate surface area is 175 Å². The molecule has 6 rings (SSSR count). The first kappa shape index (κ1) is 18.8. The second kappa shape index (κ2) is 6.52. The first-order chi connectivity index (χ1) is 14.9. The maximum Gasteiger partial charge on any atom is 0.433 e. The number of hydrogen-bond acceptors (Lipinski definition) is 7. The number of halogens is 3. The lowest BCUT2D eigenvalue weighted by Crippen LogP contribution is -2.57. The molecule has 0 atom stereocenters. The zero-order valence-corrected chi connectivity index (χ0v) is 16.6. The Morgan fingerprint density at radius 2 is 1.87 bits per heavy atom. The van der Waals surface area contributed by atoms with Crippen molar-refractivity contribution in [1.29, 1.82) is 0 Å². The standard InChI is InChI=1S/C20H20F3N7O/c21-20(22,23)16-5-14(1-3-24-16)29-11-19(12-29)2-4-28(10-19)18-25-6-13-7-26-30(17(13)27-18)15-8-31-9-15/h1,3,5-7,15H,2,4,8-12H2. The molecule has 3 aliphatic rings. The molecule has 0 radical (unpaired) electrons. The molecule has 3 saturated heterocycles. The van der Waals surface area contributed by atoms with Gasteiger partial charge in [0.25, 0.3) is 0 Å². The molecule has 162 valence electrons. The van der Waals surface area contributed by atoms with Crippen LogP contribution in [-0.2, 0) is 10.9 Å². The zero-order valence-electron chi connectivity index (χ0n) is 16.6. The van der Waals surface area contributed by atoms with Gasteiger partial charge in [0.15, 0.2) is 5.65 Å². The van der Waals surface area contributed by atoms with E-state index in [2.05, 4.69) is 20.0 Å². The number of alkyl halides is 3. The minimum absolute atomic E-state index is 0.0437. The highest BCUT2D eigenvalue weighted by atomic mass is 19.4. The van der Waals surface area contributed by atoms with Crippen molar-refractivity contribution < 1.29 is 17.9 Å². The first-order valence-corrected chi connectivity index (χ1v) is 10.2. The summed E-state index contributed by atoms with van der Waals surface area (Å²) in [5.41, 5.74) is 0.568. The summed E-state index contributed by atoms with van der Waals surface area (Å²) in [6.45, 7) is 4.32. The van der Waals surface area contributed by atoms with Gasteiger partial charge in [-0.3, -0.25) is 4.98 Å². The molecular weight excluding hydrogens is 411 g/mol. The molecule has 0 saturated carbocycles. The summed E-state index contributed by atoms with van der Waals surface area (Å²) in [4.78, 5) is 16.9. The van der Waals surface area contributed by atoms with Crippen molar-refractivity contribution in [3.63, 3.8) is 0 Å². The summed E-state index contributed by atoms with van der Waals surface area (Å²) < 4.78 is 46.1. The topological polar surface area (TPSA) is 72.2 Å². The normalized spacial score (nSPS) is 21.0. The molecule has 3 aromatic heterocycles. The van der Waals surface area contributed by atoms with Crippen LogP contribution in [0.5, 0.6) is 0 Å². The molecule has 8 nitrogen and oxygen atoms in total. The first-order valence-electron chi connectivity index (χ1n) is 10.2. The predicted octanol–water partition coefficient (Wildman–Crippen LogP) is 2.53. The maximum atomic E-state index is 13.0. The molecule has 0 N–H and O–H groups in total. The van der Waals surface area contributed by atoms with Crippen LogP contribution in [0.4, 0.5) is 24.8 Å². The lowest BCUT2D eigenvalue weighted by Gasteiger charge is -2.49. The maximum absolute atomic E-state index is 13.0. The van der Waals surface area contributed by atoms with Crippen molar-refractivity contribution in [2.75, 3.05) is 49.2 Å². The molecule has 11 heteroatoms. The van der Waals surface area contributed by atoms with Crippen molar-refractivity contribution in [2.24, 2.45) is 5.41 Å². The fourth-order valence-electron chi connectivity index (χ4n) is 4.69. The van der Waals surface area contributed by atoms with E-state index in [0.29, 0.717) is 37.9 Å². The van der Waals surface area contributed by atoms with Crippen LogP contribution < -0.4 is 9.80 Å². The molecule has 6 heterocycles. The average molecular weight is 431 g/mol. The Balaban J connectivity index is 1.17. The third kappa shape index (κ3) is 3.10. The third-order valence-electron chi connectivity index (χ3n) is 6.46. The number of aromatic nitrogens is 5. The van der Waals surface area contributed by atoms with Crippen LogP contribution >= 0.6 is 0 Å². The highest BCUT2D eigenvalue weighted by Gasteiger charge is 2.48. The van der Waals surface area contributed by atoms with Gasteiger partial charge in [-0.05, 0) is 18.6 Å². The fourth-order valence-corrected chi connectivity index (χ4v) is 4.69. The Bertz CT molecular complexity index is 1140. The Morgan fingerprint density at radius 1 is 1.06 bits per heavy atom. The summed E-state index contributed by atoms with van der Waals surface area (Å²) in [5.74, 6) is 0.674. The molecule has 3 aromatic rings. The van der Waals surface area contributed by atoms with E-state index in [1.807, 2.05) is 9.58 Å². The Morgan fingerprint density at radius 3 is 2.61 bits per heavy atom. The summed E-state index contributed by atoms with van der Waals surface area (Å²) in [6.07, 6.45) is 1.32. The molecule has 0 amide bonds. The zero-order chi connectivity index (χ0) is 21.2. The molecule has 0 aromatic carbocycles. The Hall–Kier alpha value is -2.95. The molecule has 3 aliphatic heterocycles. The molecule has 0 bridgehead atoms. The molecule has 0 unspecified atom stereocenters. The highest BCUT2D eigenvalue weighted by Crippen LogP contribution is 2.43. The number of fused-ring (bicyclic) bond motifs is 1. The number of nitrogens with zero attached hydrogens (tertiary/aromatic N) is 7. The Kier molecular flexibility index (Phi) is 3.95. The van der Waals surface area contributed by atoms with Crippen molar-refractivity contribution >= 4 is 22.7 Å². The van der Waals surface area contributed by atoms with Crippen LogP contribution in [0.1, 0.15) is 18.2 Å². The fraction of sp³-hybridized carbons (Fsp3) is 0.500. The number of pyridine rings is 1. The van der Waals surface area contributed by atoms with Gasteiger partial charge in [0.2, 0.25) is 5.95 Å². The smallest absolute Gasteiger partial charge is 0.377 e. The van der Waals surface area contributed by atoms with Gasteiger partial charge in [-0.15, -0.1) is 0 Å². The van der Waals surface area contributed by atoms with Crippen molar-refractivity contribution in [3.05, 3.63) is 36.4 Å². The van der Waals surface area contributed by atoms with Crippen LogP contribution in [0.25, 0.3) is 11.0 Å². The van der Waals surface area contributed by atoms with Crippen molar-refractivity contribution in [2.45, 2.75) is 18.6 Å². The minimum atomic E-state index is -4.43. The van der Waals surface area contributed by atoms with Crippen LogP contribution in [0, 0.1) is 5.41 Å². The summed E-state index contributed by atoms with van der Waals surface area (Å²) in [6, 6.07) is 2.98. The van der Waals surface area contributed by atoms with Crippen molar-refractivity contribution in [1.82, 2.24) is 24.7 Å². The number of anilines is 2. The number of rotatable bonds is 3. The van der Waals surface area contributed by atoms with Crippen LogP contribution in [0.15, 0.2) is 30.7 Å². The van der Waals surface area contributed by atoms with E-state index in [9.17, 15) is 13.2 Å². The van der Waals surface area contributed by atoms with Gasteiger partial charge >= 0.3 is 6.18 Å². The second-order valence-corrected chi connectivity index (χ2v) is 8.65. The van der Waals surface area contributed by atoms with Gasteiger partial charge in [0.1, 0.15) is 11.7 Å². The predicted molar refractivity (Wildman–Crippen MR) is 106 cm³/mol. The van der Waals surface area contributed by atoms with Gasteiger partial charge in [-0.2, -0.15) is 23.3 Å². The van der Waals surface area contributed by atoms with Crippen molar-refractivity contribution in [3.8, 4) is 0 Å². The average Bonchev–Trinajstić information content (AvgIpc) is 3.30. The van der Waals surface area contributed by atoms with Crippen LogP contribution in [0.2, 0.25) is 0 Å². The highest BCUT2D eigenvalue weighted by molar-refractivity contribution is 5.75. The van der Waals surface area contributed by atoms with Gasteiger partial charge in [-0.1, -0.05) is 0 Å². The van der Waals surface area contributed by atoms with Gasteiger partial charge in [0.05, 0.1) is 24.8 Å². The third-order valence-corrected chi connectivity index (χ3v) is 6.46. The van der Waals surface area contributed by atoms with Gasteiger partial charge in [0, 0.05) is 49.7 Å². The van der Waals surface area contributed by atoms with E-state index < -0.39 is 11.9 Å². The minimum Gasteiger partial charge on any atom is -0.377 e. The number of hydrogen-bond donors (Lipinski definition) is 0. The van der Waals surface area contributed by atoms with E-state index in [1.54, 1.807) is 18.5 Å². The molecule has 0 aliphatic carbocycles. The van der Waals surface area contributed by atoms with E-state index in [1.165, 1.54) is 6.20 Å². The van der Waals surface area contributed by atoms with E-state index in [4.69, 9.17) is 9.72 Å². The quantitative estimate of drug-likeness (QED) is 0.631. The van der Waals surface area contributed by atoms with E-state index in [-0.39, 0.29) is 11.5 Å². The summed E-state index contributed by atoms with van der Waals surface area (Å²) in [7, 11) is 0. The van der Waals surface area contributed by atoms with Crippen LogP contribution in [-0.4, -0.2) is 64.1 Å². The summed E-state index contributed by atoms with van der Waals surface area (Å²) >= 11 is 0. The monoisotopic (exact) mass is 431 g/mol. The lowest BCUT2D eigenvalue weighted by molar-refractivity contribution is -0.141. The second-order valence-electron chi connectivity index (χ2n) is 8.65. The SMILES string of the molecule is FC(F)(F)c1cc(N2CC3(CCN(c4ncc5cnn(C6COC6)c5n4)C3)C2)ccn1. The van der Waals surface area contributed by atoms with E-state index >= 15 is 0 Å². The molecule has 1 spiro atoms. The molecular formula is C20H20F3N7O. The largest absolute Gasteiger partial charge is 0.433 e. The number of ether oxygens (including phenoxy) is 1. The summed E-state index contributed by atoms with van der Waals surface area (Å²) in [5, 5.41) is 5.33. The molecule has 3 fully saturated rings. The van der Waals surface area contributed by atoms with E-state index in [0.717, 1.165) is 36.6 Å². The lowest BCUT2D eigenvalue weighted by atomic mass is 9.79. The van der Waals surface area contributed by atoms with Crippen LogP contribution in [0.3, 0.4) is 0 Å².